The van der Waals surface area contributed by atoms with Crippen molar-refractivity contribution in [3.8, 4) is 5.69 Å². The van der Waals surface area contributed by atoms with Gasteiger partial charge in [0.1, 0.15) is 11.4 Å². The zero-order chi connectivity index (χ0) is 19.8. The van der Waals surface area contributed by atoms with Crippen LogP contribution in [0.4, 0.5) is 5.82 Å². The van der Waals surface area contributed by atoms with Gasteiger partial charge in [0.15, 0.2) is 5.78 Å². The number of aromatic amines is 1. The van der Waals surface area contributed by atoms with Gasteiger partial charge in [-0.15, -0.1) is 5.10 Å². The van der Waals surface area contributed by atoms with Crippen molar-refractivity contribution in [1.29, 1.82) is 0 Å². The van der Waals surface area contributed by atoms with Crippen LogP contribution in [-0.4, -0.2) is 41.3 Å². The lowest BCUT2D eigenvalue weighted by molar-refractivity contribution is 0.102. The molecule has 144 valence electrons. The van der Waals surface area contributed by atoms with Crippen LogP contribution in [0.25, 0.3) is 5.69 Å². The van der Waals surface area contributed by atoms with Crippen LogP contribution < -0.4 is 17.0 Å². The highest BCUT2D eigenvalue weighted by atomic mass is 32.2. The SMILES string of the molecule is Cc1cccc(-n2nnnc2SCC(=O)c2c(N)n(C3CC3)c(=O)[nH]c2=O)c1. The monoisotopic (exact) mass is 399 g/mol. The average molecular weight is 399 g/mol. The maximum absolute atomic E-state index is 12.7. The van der Waals surface area contributed by atoms with Gasteiger partial charge in [-0.05, 0) is 47.9 Å². The fourth-order valence-corrected chi connectivity index (χ4v) is 3.69. The Hall–Kier alpha value is -3.21. The van der Waals surface area contributed by atoms with Gasteiger partial charge in [-0.2, -0.15) is 4.68 Å². The summed E-state index contributed by atoms with van der Waals surface area (Å²) in [5.74, 6) is -0.667. The number of ketones is 1. The summed E-state index contributed by atoms with van der Waals surface area (Å²) in [7, 11) is 0. The van der Waals surface area contributed by atoms with Gasteiger partial charge in [-0.3, -0.25) is 19.1 Å². The first-order valence-electron chi connectivity index (χ1n) is 8.61. The Morgan fingerprint density at radius 2 is 2.14 bits per heavy atom. The van der Waals surface area contributed by atoms with E-state index in [-0.39, 0.29) is 23.2 Å². The summed E-state index contributed by atoms with van der Waals surface area (Å²) in [5.41, 5.74) is 6.23. The summed E-state index contributed by atoms with van der Waals surface area (Å²) in [6, 6.07) is 7.54. The maximum Gasteiger partial charge on any atom is 0.330 e. The highest BCUT2D eigenvalue weighted by Crippen LogP contribution is 2.35. The second-order valence-electron chi connectivity index (χ2n) is 6.54. The Morgan fingerprint density at radius 1 is 1.36 bits per heavy atom. The van der Waals surface area contributed by atoms with Gasteiger partial charge < -0.3 is 5.73 Å². The summed E-state index contributed by atoms with van der Waals surface area (Å²) in [6.45, 7) is 1.95. The van der Waals surface area contributed by atoms with Crippen molar-refractivity contribution in [3.05, 3.63) is 56.2 Å². The molecule has 1 fully saturated rings. The fourth-order valence-electron chi connectivity index (χ4n) is 2.92. The van der Waals surface area contributed by atoms with Gasteiger partial charge in [-0.1, -0.05) is 23.9 Å². The molecule has 11 heteroatoms. The molecule has 2 heterocycles. The normalized spacial score (nSPS) is 13.6. The van der Waals surface area contributed by atoms with Gasteiger partial charge in [-0.25, -0.2) is 4.79 Å². The number of hydrogen-bond acceptors (Lipinski definition) is 8. The lowest BCUT2D eigenvalue weighted by atomic mass is 10.2. The van der Waals surface area contributed by atoms with E-state index in [2.05, 4.69) is 20.5 Å². The second-order valence-corrected chi connectivity index (χ2v) is 7.49. The third-order valence-electron chi connectivity index (χ3n) is 4.39. The van der Waals surface area contributed by atoms with Gasteiger partial charge in [0.05, 0.1) is 11.4 Å². The van der Waals surface area contributed by atoms with Crippen molar-refractivity contribution in [3.63, 3.8) is 0 Å². The molecule has 3 aromatic rings. The molecule has 10 nitrogen and oxygen atoms in total. The summed E-state index contributed by atoms with van der Waals surface area (Å²) >= 11 is 1.09. The molecule has 0 atom stereocenters. The summed E-state index contributed by atoms with van der Waals surface area (Å²) in [5, 5.41) is 12.0. The quantitative estimate of drug-likeness (QED) is 0.456. The molecule has 0 amide bonds. The van der Waals surface area contributed by atoms with Gasteiger partial charge in [0.25, 0.3) is 5.56 Å². The van der Waals surface area contributed by atoms with E-state index < -0.39 is 17.0 Å². The van der Waals surface area contributed by atoms with Crippen LogP contribution >= 0.6 is 11.8 Å². The molecule has 1 aliphatic carbocycles. The van der Waals surface area contributed by atoms with E-state index >= 15 is 0 Å². The Kier molecular flexibility index (Phi) is 4.59. The topological polar surface area (TPSA) is 142 Å². The predicted molar refractivity (Wildman–Crippen MR) is 103 cm³/mol. The summed E-state index contributed by atoms with van der Waals surface area (Å²) in [4.78, 5) is 39.0. The van der Waals surface area contributed by atoms with E-state index in [1.807, 2.05) is 31.2 Å². The molecule has 1 saturated carbocycles. The van der Waals surface area contributed by atoms with Gasteiger partial charge >= 0.3 is 5.69 Å². The highest BCUT2D eigenvalue weighted by Gasteiger charge is 2.30. The molecule has 0 radical (unpaired) electrons. The number of H-pyrrole nitrogens is 1. The highest BCUT2D eigenvalue weighted by molar-refractivity contribution is 7.99. The van der Waals surface area contributed by atoms with Crippen molar-refractivity contribution in [2.24, 2.45) is 0 Å². The van der Waals surface area contributed by atoms with E-state index in [1.165, 1.54) is 9.25 Å². The lowest BCUT2D eigenvalue weighted by Gasteiger charge is -2.11. The standard InChI is InChI=1S/C17H17N7O3S/c1-9-3-2-4-11(7-9)24-17(20-21-22-24)28-8-12(25)13-14(18)23(10-5-6-10)16(27)19-15(13)26/h2-4,7,10H,5-6,8,18H2,1H3,(H,19,26,27). The second kappa shape index (κ2) is 7.08. The molecule has 1 aliphatic rings. The molecule has 28 heavy (non-hydrogen) atoms. The first-order chi connectivity index (χ1) is 13.5. The molecule has 3 N–H and O–H groups in total. The smallest absolute Gasteiger partial charge is 0.330 e. The van der Waals surface area contributed by atoms with Crippen molar-refractivity contribution in [2.75, 3.05) is 11.5 Å². The molecule has 2 aromatic heterocycles. The first kappa shape index (κ1) is 18.2. The Balaban J connectivity index is 1.59. The molecule has 4 rings (SSSR count). The number of Topliss-reactive ketones (excluding diaryl/α,β-unsaturated/α-hetero) is 1. The van der Waals surface area contributed by atoms with Gasteiger partial charge in [0, 0.05) is 6.04 Å². The number of aromatic nitrogens is 6. The number of tetrazole rings is 1. The van der Waals surface area contributed by atoms with Crippen molar-refractivity contribution in [2.45, 2.75) is 31.0 Å². The Bertz CT molecular complexity index is 1180. The average Bonchev–Trinajstić information content (AvgIpc) is 3.35. The molecule has 0 bridgehead atoms. The molecule has 0 spiro atoms. The minimum atomic E-state index is -0.775. The van der Waals surface area contributed by atoms with Crippen LogP contribution in [0.2, 0.25) is 0 Å². The summed E-state index contributed by atoms with van der Waals surface area (Å²) < 4.78 is 2.81. The number of nitrogens with two attached hydrogens (primary N) is 1. The van der Waals surface area contributed by atoms with Gasteiger partial charge in [0.2, 0.25) is 5.16 Å². The number of rotatable bonds is 6. The number of carbonyl (C=O) groups is 1. The third-order valence-corrected chi connectivity index (χ3v) is 5.31. The minimum Gasteiger partial charge on any atom is -0.384 e. The Morgan fingerprint density at radius 3 is 2.86 bits per heavy atom. The molecule has 1 aromatic carbocycles. The number of nitrogens with one attached hydrogen (secondary N) is 1. The van der Waals surface area contributed by atoms with Crippen LogP contribution in [0.1, 0.15) is 34.8 Å². The van der Waals surface area contributed by atoms with E-state index in [9.17, 15) is 14.4 Å². The summed E-state index contributed by atoms with van der Waals surface area (Å²) in [6.07, 6.45) is 1.59. The van der Waals surface area contributed by atoms with Crippen LogP contribution in [0, 0.1) is 6.92 Å². The zero-order valence-electron chi connectivity index (χ0n) is 15.0. The number of carbonyl (C=O) groups excluding carboxylic acids is 1. The van der Waals surface area contributed by atoms with Crippen LogP contribution in [0.5, 0.6) is 0 Å². The van der Waals surface area contributed by atoms with Crippen LogP contribution in [-0.2, 0) is 0 Å². The third kappa shape index (κ3) is 3.36. The number of thioether (sulfide) groups is 1. The van der Waals surface area contributed by atoms with E-state index in [0.717, 1.165) is 35.9 Å². The van der Waals surface area contributed by atoms with Crippen molar-refractivity contribution >= 4 is 23.4 Å². The fraction of sp³-hybridized carbons (Fsp3) is 0.294. The maximum atomic E-state index is 12.7. The Labute approximate surface area is 162 Å². The van der Waals surface area contributed by atoms with Crippen LogP contribution in [0.3, 0.4) is 0 Å². The zero-order valence-corrected chi connectivity index (χ0v) is 15.8. The van der Waals surface area contributed by atoms with E-state index in [0.29, 0.717) is 5.16 Å². The largest absolute Gasteiger partial charge is 0.384 e. The predicted octanol–water partition coefficient (Wildman–Crippen LogP) is 0.713. The molecular weight excluding hydrogens is 382 g/mol. The van der Waals surface area contributed by atoms with Crippen molar-refractivity contribution in [1.82, 2.24) is 29.8 Å². The number of anilines is 1. The number of benzene rings is 1. The van der Waals surface area contributed by atoms with Crippen LogP contribution in [0.15, 0.2) is 39.0 Å². The molecular formula is C17H17N7O3S. The number of hydrogen-bond donors (Lipinski definition) is 2. The molecule has 0 saturated heterocycles. The van der Waals surface area contributed by atoms with E-state index in [1.54, 1.807) is 0 Å². The number of aryl methyl sites for hydroxylation is 1. The number of nitrogens with zero attached hydrogens (tertiary/aromatic N) is 5. The molecule has 0 aliphatic heterocycles. The van der Waals surface area contributed by atoms with E-state index in [4.69, 9.17) is 5.73 Å². The lowest BCUT2D eigenvalue weighted by Crippen LogP contribution is -2.36. The first-order valence-corrected chi connectivity index (χ1v) is 9.60. The van der Waals surface area contributed by atoms with Crippen molar-refractivity contribution < 1.29 is 4.79 Å². The minimum absolute atomic E-state index is 0.0582. The number of nitrogen functional groups attached to an aromatic ring is 1. The molecule has 0 unspecified atom stereocenters.